The molecule has 0 amide bonds. The highest BCUT2D eigenvalue weighted by Gasteiger charge is 2.27. The molecule has 2 unspecified atom stereocenters. The second-order valence-electron chi connectivity index (χ2n) is 4.23. The van der Waals surface area contributed by atoms with Crippen LogP contribution < -0.4 is 5.73 Å². The van der Waals surface area contributed by atoms with E-state index in [1.165, 1.54) is 0 Å². The molecule has 3 N–H and O–H groups in total. The standard InChI is InChI=1S/C12H14Cl5NO/c1-2-3-4-5(18)12(19)6-7(13)9(15)11(17)10(16)8(6)14/h5,12,19H,2-4,18H2,1H3. The third-order valence-corrected chi connectivity index (χ3v) is 5.14. The Balaban J connectivity index is 3.20. The lowest BCUT2D eigenvalue weighted by Gasteiger charge is -2.22. The largest absolute Gasteiger partial charge is 0.387 e. The van der Waals surface area contributed by atoms with E-state index < -0.39 is 12.1 Å². The Hall–Kier alpha value is 0.590. The minimum Gasteiger partial charge on any atom is -0.387 e. The molecule has 19 heavy (non-hydrogen) atoms. The van der Waals surface area contributed by atoms with Crippen molar-refractivity contribution < 1.29 is 5.11 Å². The molecule has 1 aromatic rings. The van der Waals surface area contributed by atoms with Crippen LogP contribution in [0, 0.1) is 0 Å². The van der Waals surface area contributed by atoms with Crippen LogP contribution in [0.4, 0.5) is 0 Å². The van der Waals surface area contributed by atoms with Crippen LogP contribution in [0.3, 0.4) is 0 Å². The predicted octanol–water partition coefficient (Wildman–Crippen LogP) is 5.50. The van der Waals surface area contributed by atoms with E-state index in [-0.39, 0.29) is 30.7 Å². The summed E-state index contributed by atoms with van der Waals surface area (Å²) in [7, 11) is 0. The van der Waals surface area contributed by atoms with E-state index in [4.69, 9.17) is 63.7 Å². The van der Waals surface area contributed by atoms with Gasteiger partial charge >= 0.3 is 0 Å². The number of nitrogens with two attached hydrogens (primary N) is 1. The van der Waals surface area contributed by atoms with Gasteiger partial charge in [-0.3, -0.25) is 0 Å². The maximum atomic E-state index is 10.3. The summed E-state index contributed by atoms with van der Waals surface area (Å²) in [6, 6.07) is -0.497. The van der Waals surface area contributed by atoms with Crippen LogP contribution in [-0.4, -0.2) is 11.1 Å². The molecule has 0 saturated heterocycles. The topological polar surface area (TPSA) is 46.2 Å². The average Bonchev–Trinajstić information content (AvgIpc) is 2.40. The van der Waals surface area contributed by atoms with Crippen LogP contribution in [0.25, 0.3) is 0 Å². The van der Waals surface area contributed by atoms with Gasteiger partial charge in [-0.1, -0.05) is 77.8 Å². The molecule has 1 aromatic carbocycles. The van der Waals surface area contributed by atoms with Crippen LogP contribution in [0.1, 0.15) is 37.9 Å². The van der Waals surface area contributed by atoms with Gasteiger partial charge in [0.25, 0.3) is 0 Å². The monoisotopic (exact) mass is 363 g/mol. The molecular weight excluding hydrogens is 351 g/mol. The van der Waals surface area contributed by atoms with Crippen molar-refractivity contribution in [2.45, 2.75) is 38.3 Å². The molecule has 0 fully saturated rings. The molecule has 0 aliphatic heterocycles. The molecule has 1 rings (SSSR count). The van der Waals surface area contributed by atoms with Gasteiger partial charge in [0.1, 0.15) is 0 Å². The number of aliphatic hydroxyl groups excluding tert-OH is 1. The Bertz CT molecular complexity index is 437. The highest BCUT2D eigenvalue weighted by atomic mass is 35.5. The summed E-state index contributed by atoms with van der Waals surface area (Å²) in [4.78, 5) is 0. The lowest BCUT2D eigenvalue weighted by atomic mass is 9.98. The zero-order chi connectivity index (χ0) is 14.7. The first-order valence-corrected chi connectivity index (χ1v) is 7.66. The van der Waals surface area contributed by atoms with Crippen molar-refractivity contribution in [3.63, 3.8) is 0 Å². The smallest absolute Gasteiger partial charge is 0.0970 e. The average molecular weight is 366 g/mol. The van der Waals surface area contributed by atoms with E-state index in [1.54, 1.807) is 0 Å². The quantitative estimate of drug-likeness (QED) is 0.534. The number of hydrogen-bond acceptors (Lipinski definition) is 2. The van der Waals surface area contributed by atoms with Gasteiger partial charge in [0.05, 0.1) is 31.2 Å². The first-order chi connectivity index (χ1) is 8.82. The van der Waals surface area contributed by atoms with Crippen molar-refractivity contribution in [2.75, 3.05) is 0 Å². The summed E-state index contributed by atoms with van der Waals surface area (Å²) in [5, 5.41) is 10.6. The zero-order valence-corrected chi connectivity index (χ0v) is 14.0. The molecule has 2 atom stereocenters. The first-order valence-electron chi connectivity index (χ1n) is 5.77. The molecular formula is C12H14Cl5NO. The molecule has 0 aliphatic rings. The van der Waals surface area contributed by atoms with E-state index in [2.05, 4.69) is 0 Å². The normalized spacial score (nSPS) is 14.5. The Labute approximate surface area is 137 Å². The van der Waals surface area contributed by atoms with Crippen LogP contribution in [0.5, 0.6) is 0 Å². The van der Waals surface area contributed by atoms with Crippen molar-refractivity contribution in [1.29, 1.82) is 0 Å². The Kier molecular flexibility index (Phi) is 7.02. The maximum absolute atomic E-state index is 10.3. The van der Waals surface area contributed by atoms with E-state index in [0.717, 1.165) is 12.8 Å². The Morgan fingerprint density at radius 3 is 1.79 bits per heavy atom. The minimum absolute atomic E-state index is 0.0643. The van der Waals surface area contributed by atoms with Crippen molar-refractivity contribution in [3.05, 3.63) is 30.7 Å². The fourth-order valence-corrected chi connectivity index (χ4v) is 3.07. The molecule has 0 bridgehead atoms. The number of hydrogen-bond donors (Lipinski definition) is 2. The van der Waals surface area contributed by atoms with Gasteiger partial charge in [0.2, 0.25) is 0 Å². The van der Waals surface area contributed by atoms with E-state index in [0.29, 0.717) is 6.42 Å². The molecule has 0 aromatic heterocycles. The number of unbranched alkanes of at least 4 members (excludes halogenated alkanes) is 1. The number of halogens is 5. The third kappa shape index (κ3) is 3.82. The van der Waals surface area contributed by atoms with Gasteiger partial charge in [-0.05, 0) is 6.42 Å². The molecule has 2 nitrogen and oxygen atoms in total. The highest BCUT2D eigenvalue weighted by molar-refractivity contribution is 6.55. The SMILES string of the molecule is CCCCC(N)C(O)c1c(Cl)c(Cl)c(Cl)c(Cl)c1Cl. The summed E-state index contributed by atoms with van der Waals surface area (Å²) in [5.41, 5.74) is 6.15. The summed E-state index contributed by atoms with van der Waals surface area (Å²) in [6.45, 7) is 2.04. The van der Waals surface area contributed by atoms with Crippen LogP contribution in [0.15, 0.2) is 0 Å². The predicted molar refractivity (Wildman–Crippen MR) is 84.0 cm³/mol. The van der Waals surface area contributed by atoms with Crippen molar-refractivity contribution in [1.82, 2.24) is 0 Å². The molecule has 0 heterocycles. The summed E-state index contributed by atoms with van der Waals surface area (Å²) in [5.74, 6) is 0. The fraction of sp³-hybridized carbons (Fsp3) is 0.500. The molecule has 0 radical (unpaired) electrons. The number of aliphatic hydroxyl groups is 1. The van der Waals surface area contributed by atoms with Crippen LogP contribution in [-0.2, 0) is 0 Å². The Morgan fingerprint density at radius 1 is 0.947 bits per heavy atom. The molecule has 0 saturated carbocycles. The van der Waals surface area contributed by atoms with E-state index >= 15 is 0 Å². The van der Waals surface area contributed by atoms with Crippen LogP contribution in [0.2, 0.25) is 25.1 Å². The number of benzene rings is 1. The van der Waals surface area contributed by atoms with Gasteiger partial charge in [-0.15, -0.1) is 0 Å². The highest BCUT2D eigenvalue weighted by Crippen LogP contribution is 2.46. The van der Waals surface area contributed by atoms with E-state index in [1.807, 2.05) is 6.92 Å². The lowest BCUT2D eigenvalue weighted by molar-refractivity contribution is 0.141. The van der Waals surface area contributed by atoms with Crippen LogP contribution >= 0.6 is 58.0 Å². The van der Waals surface area contributed by atoms with Gasteiger partial charge in [-0.2, -0.15) is 0 Å². The van der Waals surface area contributed by atoms with Crippen molar-refractivity contribution >= 4 is 58.0 Å². The second-order valence-corrected chi connectivity index (χ2v) is 6.12. The minimum atomic E-state index is -1.04. The first kappa shape index (κ1) is 17.6. The van der Waals surface area contributed by atoms with Crippen molar-refractivity contribution in [3.8, 4) is 0 Å². The van der Waals surface area contributed by atoms with E-state index in [9.17, 15) is 5.11 Å². The molecule has 108 valence electrons. The fourth-order valence-electron chi connectivity index (χ4n) is 1.69. The molecule has 7 heteroatoms. The van der Waals surface area contributed by atoms with Gasteiger partial charge < -0.3 is 10.8 Å². The Morgan fingerprint density at radius 2 is 1.37 bits per heavy atom. The second kappa shape index (κ2) is 7.56. The molecule has 0 aliphatic carbocycles. The maximum Gasteiger partial charge on any atom is 0.0970 e. The summed E-state index contributed by atoms with van der Waals surface area (Å²) < 4.78 is 0. The number of rotatable bonds is 5. The third-order valence-electron chi connectivity index (χ3n) is 2.84. The van der Waals surface area contributed by atoms with Gasteiger partial charge in [-0.25, -0.2) is 0 Å². The summed E-state index contributed by atoms with van der Waals surface area (Å²) >= 11 is 29.9. The lowest BCUT2D eigenvalue weighted by Crippen LogP contribution is -2.28. The van der Waals surface area contributed by atoms with Crippen molar-refractivity contribution in [2.24, 2.45) is 5.73 Å². The summed E-state index contributed by atoms with van der Waals surface area (Å²) in [6.07, 6.45) is 1.47. The molecule has 0 spiro atoms. The van der Waals surface area contributed by atoms with Gasteiger partial charge in [0.15, 0.2) is 0 Å². The zero-order valence-electron chi connectivity index (χ0n) is 10.2. The van der Waals surface area contributed by atoms with Gasteiger partial charge in [0, 0.05) is 11.6 Å².